The zero-order chi connectivity index (χ0) is 23.2. The third kappa shape index (κ3) is 6.70. The van der Waals surface area contributed by atoms with E-state index in [0.29, 0.717) is 18.7 Å². The summed E-state index contributed by atoms with van der Waals surface area (Å²) in [6.07, 6.45) is -0.769. The van der Waals surface area contributed by atoms with Crippen LogP contribution in [-0.4, -0.2) is 44.5 Å². The topological polar surface area (TPSA) is 75.7 Å². The van der Waals surface area contributed by atoms with Crippen LogP contribution in [0.4, 0.5) is 13.2 Å². The molecule has 6 nitrogen and oxygen atoms in total. The molecule has 174 valence electrons. The van der Waals surface area contributed by atoms with Crippen molar-refractivity contribution >= 4 is 15.9 Å². The number of nitrogens with zero attached hydrogens (tertiary/aromatic N) is 1. The number of hydrogen-bond donors (Lipinski definition) is 1. The Morgan fingerprint density at radius 1 is 1.00 bits per heavy atom. The van der Waals surface area contributed by atoms with Crippen LogP contribution in [0.2, 0.25) is 0 Å². The van der Waals surface area contributed by atoms with Gasteiger partial charge in [0.2, 0.25) is 10.0 Å². The summed E-state index contributed by atoms with van der Waals surface area (Å²) in [6.45, 7) is -0.301. The summed E-state index contributed by atoms with van der Waals surface area (Å²) in [5.74, 6) is -0.376. The summed E-state index contributed by atoms with van der Waals surface area (Å²) in [4.78, 5) is 12.6. The van der Waals surface area contributed by atoms with E-state index in [9.17, 15) is 26.4 Å². The maximum Gasteiger partial charge on any atom is 0.422 e. The number of ether oxygens (including phenoxy) is 1. The number of amides is 1. The summed E-state index contributed by atoms with van der Waals surface area (Å²) < 4.78 is 68.6. The standard InChI is InChI=1S/C22H25F3N2O4S/c23-22(24,25)16-31-19-10-8-17(9-11-19)15-26-21(28)18-6-5-7-20(14-18)32(29,30)27-12-3-1-2-4-13-27/h5-11,14H,1-4,12-13,15-16H2,(H,26,28). The molecule has 1 aliphatic heterocycles. The first-order valence-corrected chi connectivity index (χ1v) is 11.8. The Morgan fingerprint density at radius 3 is 2.28 bits per heavy atom. The van der Waals surface area contributed by atoms with E-state index in [1.165, 1.54) is 40.7 Å². The van der Waals surface area contributed by atoms with Gasteiger partial charge in [-0.2, -0.15) is 17.5 Å². The number of hydrogen-bond acceptors (Lipinski definition) is 4. The lowest BCUT2D eigenvalue weighted by Gasteiger charge is -2.20. The fraction of sp³-hybridized carbons (Fsp3) is 0.409. The first kappa shape index (κ1) is 24.1. The van der Waals surface area contributed by atoms with Gasteiger partial charge in [0.15, 0.2) is 6.61 Å². The van der Waals surface area contributed by atoms with E-state index in [2.05, 4.69) is 10.1 Å². The van der Waals surface area contributed by atoms with Gasteiger partial charge in [-0.25, -0.2) is 8.42 Å². The predicted octanol–water partition coefficient (Wildman–Crippen LogP) is 4.12. The van der Waals surface area contributed by atoms with Gasteiger partial charge in [-0.1, -0.05) is 31.0 Å². The summed E-state index contributed by atoms with van der Waals surface area (Å²) in [6, 6.07) is 11.8. The monoisotopic (exact) mass is 470 g/mol. The number of benzene rings is 2. The average Bonchev–Trinajstić information content (AvgIpc) is 3.06. The minimum absolute atomic E-state index is 0.0730. The SMILES string of the molecule is O=C(NCc1ccc(OCC(F)(F)F)cc1)c1cccc(S(=O)(=O)N2CCCCCC2)c1. The van der Waals surface area contributed by atoms with Gasteiger partial charge in [-0.05, 0) is 48.7 Å². The number of sulfonamides is 1. The minimum Gasteiger partial charge on any atom is -0.484 e. The van der Waals surface area contributed by atoms with Crippen LogP contribution in [0, 0.1) is 0 Å². The van der Waals surface area contributed by atoms with Crippen LogP contribution in [0.3, 0.4) is 0 Å². The summed E-state index contributed by atoms with van der Waals surface area (Å²) >= 11 is 0. The lowest BCUT2D eigenvalue weighted by Crippen LogP contribution is -2.32. The molecule has 2 aromatic rings. The van der Waals surface area contributed by atoms with Crippen molar-refractivity contribution in [3.63, 3.8) is 0 Å². The first-order valence-electron chi connectivity index (χ1n) is 10.3. The fourth-order valence-corrected chi connectivity index (χ4v) is 4.95. The Balaban J connectivity index is 1.61. The molecule has 0 radical (unpaired) electrons. The van der Waals surface area contributed by atoms with Crippen molar-refractivity contribution < 1.29 is 31.1 Å². The Hall–Kier alpha value is -2.59. The van der Waals surface area contributed by atoms with E-state index in [-0.39, 0.29) is 22.8 Å². The summed E-state index contributed by atoms with van der Waals surface area (Å²) in [5, 5.41) is 2.69. The lowest BCUT2D eigenvalue weighted by molar-refractivity contribution is -0.153. The predicted molar refractivity (Wildman–Crippen MR) is 113 cm³/mol. The van der Waals surface area contributed by atoms with Crippen molar-refractivity contribution in [2.75, 3.05) is 19.7 Å². The number of halogens is 3. The molecule has 0 bridgehead atoms. The van der Waals surface area contributed by atoms with E-state index in [1.807, 2.05) is 0 Å². The largest absolute Gasteiger partial charge is 0.484 e. The second-order valence-corrected chi connectivity index (χ2v) is 9.51. The zero-order valence-electron chi connectivity index (χ0n) is 17.4. The number of carbonyl (C=O) groups is 1. The Bertz CT molecular complexity index is 1020. The second kappa shape index (κ2) is 10.4. The van der Waals surface area contributed by atoms with Gasteiger partial charge in [-0.3, -0.25) is 4.79 Å². The maximum absolute atomic E-state index is 13.0. The highest BCUT2D eigenvalue weighted by Crippen LogP contribution is 2.22. The smallest absolute Gasteiger partial charge is 0.422 e. The highest BCUT2D eigenvalue weighted by Gasteiger charge is 2.28. The second-order valence-electron chi connectivity index (χ2n) is 7.58. The van der Waals surface area contributed by atoms with Gasteiger partial charge >= 0.3 is 6.18 Å². The molecule has 0 spiro atoms. The average molecular weight is 471 g/mol. The Labute approximate surface area is 185 Å². The van der Waals surface area contributed by atoms with Gasteiger partial charge in [0.1, 0.15) is 5.75 Å². The molecule has 32 heavy (non-hydrogen) atoms. The van der Waals surface area contributed by atoms with Gasteiger partial charge in [0.25, 0.3) is 5.91 Å². The van der Waals surface area contributed by atoms with Crippen LogP contribution >= 0.6 is 0 Å². The van der Waals surface area contributed by atoms with Crippen LogP contribution < -0.4 is 10.1 Å². The molecule has 0 aliphatic carbocycles. The highest BCUT2D eigenvalue weighted by atomic mass is 32.2. The van der Waals surface area contributed by atoms with E-state index in [0.717, 1.165) is 25.7 Å². The van der Waals surface area contributed by atoms with Crippen LogP contribution in [0.5, 0.6) is 5.75 Å². The van der Waals surface area contributed by atoms with E-state index in [4.69, 9.17) is 0 Å². The first-order chi connectivity index (χ1) is 15.1. The molecule has 1 heterocycles. The molecule has 0 aromatic heterocycles. The summed E-state index contributed by atoms with van der Waals surface area (Å²) in [7, 11) is -3.67. The van der Waals surface area contributed by atoms with Crippen LogP contribution in [-0.2, 0) is 16.6 Å². The molecule has 3 rings (SSSR count). The molecule has 1 aliphatic rings. The molecule has 0 atom stereocenters. The lowest BCUT2D eigenvalue weighted by atomic mass is 10.2. The number of alkyl halides is 3. The molecule has 2 aromatic carbocycles. The van der Waals surface area contributed by atoms with Crippen molar-refractivity contribution in [1.29, 1.82) is 0 Å². The molecule has 1 fully saturated rings. The molecular weight excluding hydrogens is 445 g/mol. The minimum atomic E-state index is -4.41. The molecule has 1 N–H and O–H groups in total. The summed E-state index contributed by atoms with van der Waals surface area (Å²) in [5.41, 5.74) is 0.872. The van der Waals surface area contributed by atoms with Gasteiger partial charge in [0.05, 0.1) is 4.90 Å². The maximum atomic E-state index is 13.0. The van der Waals surface area contributed by atoms with E-state index in [1.54, 1.807) is 12.1 Å². The van der Waals surface area contributed by atoms with Crippen LogP contribution in [0.25, 0.3) is 0 Å². The quantitative estimate of drug-likeness (QED) is 0.661. The number of carbonyl (C=O) groups excluding carboxylic acids is 1. The molecular formula is C22H25F3N2O4S. The van der Waals surface area contributed by atoms with E-state index >= 15 is 0 Å². The third-order valence-electron chi connectivity index (χ3n) is 5.08. The Morgan fingerprint density at radius 2 is 1.66 bits per heavy atom. The van der Waals surface area contributed by atoms with Crippen LogP contribution in [0.1, 0.15) is 41.6 Å². The third-order valence-corrected chi connectivity index (χ3v) is 6.97. The van der Waals surface area contributed by atoms with Gasteiger partial charge in [-0.15, -0.1) is 0 Å². The zero-order valence-corrected chi connectivity index (χ0v) is 18.2. The van der Waals surface area contributed by atoms with Crippen LogP contribution in [0.15, 0.2) is 53.4 Å². The van der Waals surface area contributed by atoms with Crippen molar-refractivity contribution in [2.45, 2.75) is 43.3 Å². The number of rotatable bonds is 7. The van der Waals surface area contributed by atoms with Crippen molar-refractivity contribution in [3.05, 3.63) is 59.7 Å². The molecule has 0 saturated carbocycles. The number of nitrogens with one attached hydrogen (secondary N) is 1. The normalized spacial score (nSPS) is 15.7. The molecule has 10 heteroatoms. The Kier molecular flexibility index (Phi) is 7.78. The molecule has 1 saturated heterocycles. The van der Waals surface area contributed by atoms with Gasteiger partial charge < -0.3 is 10.1 Å². The molecule has 0 unspecified atom stereocenters. The fourth-order valence-electron chi connectivity index (χ4n) is 3.38. The van der Waals surface area contributed by atoms with Gasteiger partial charge in [0, 0.05) is 25.2 Å². The van der Waals surface area contributed by atoms with Crippen molar-refractivity contribution in [3.8, 4) is 5.75 Å². The molecule has 1 amide bonds. The highest BCUT2D eigenvalue weighted by molar-refractivity contribution is 7.89. The van der Waals surface area contributed by atoms with Crippen molar-refractivity contribution in [2.24, 2.45) is 0 Å². The van der Waals surface area contributed by atoms with E-state index < -0.39 is 28.7 Å². The van der Waals surface area contributed by atoms with Crippen molar-refractivity contribution in [1.82, 2.24) is 9.62 Å².